The predicted octanol–water partition coefficient (Wildman–Crippen LogP) is 4.92. The quantitative estimate of drug-likeness (QED) is 0.449. The number of nitrogens with zero attached hydrogens (tertiary/aromatic N) is 3. The number of rotatable bonds is 4. The van der Waals surface area contributed by atoms with Gasteiger partial charge >= 0.3 is 0 Å². The SMILES string of the molecule is CC(=O)N1CCN(Cc2ccc(-c3cnc4[nH]cc(-c5ccc6c(c5)CCN6)c4c3)cc2)CC1C. The van der Waals surface area contributed by atoms with E-state index in [0.717, 1.165) is 55.7 Å². The van der Waals surface area contributed by atoms with E-state index in [-0.39, 0.29) is 11.9 Å². The van der Waals surface area contributed by atoms with Gasteiger partial charge in [0, 0.05) is 80.3 Å². The summed E-state index contributed by atoms with van der Waals surface area (Å²) in [6, 6.07) is 18.0. The van der Waals surface area contributed by atoms with Gasteiger partial charge in [0.1, 0.15) is 5.65 Å². The molecule has 2 aliphatic heterocycles. The van der Waals surface area contributed by atoms with Gasteiger partial charge in [0.05, 0.1) is 0 Å². The van der Waals surface area contributed by atoms with E-state index in [1.165, 1.54) is 33.5 Å². The van der Waals surface area contributed by atoms with Crippen LogP contribution in [0.4, 0.5) is 5.69 Å². The lowest BCUT2D eigenvalue weighted by Gasteiger charge is -2.39. The maximum absolute atomic E-state index is 11.8. The Kier molecular flexibility index (Phi) is 5.53. The molecule has 0 radical (unpaired) electrons. The van der Waals surface area contributed by atoms with E-state index in [0.29, 0.717) is 0 Å². The Morgan fingerprint density at radius 2 is 1.89 bits per heavy atom. The van der Waals surface area contributed by atoms with E-state index in [2.05, 4.69) is 76.9 Å². The second kappa shape index (κ2) is 8.86. The van der Waals surface area contributed by atoms with Crippen molar-refractivity contribution in [2.45, 2.75) is 32.9 Å². The van der Waals surface area contributed by atoms with Crippen LogP contribution in [-0.2, 0) is 17.8 Å². The summed E-state index contributed by atoms with van der Waals surface area (Å²) in [7, 11) is 0. The Morgan fingerprint density at radius 3 is 2.69 bits per heavy atom. The Morgan fingerprint density at radius 1 is 1.06 bits per heavy atom. The second-order valence-corrected chi connectivity index (χ2v) is 9.86. The van der Waals surface area contributed by atoms with Gasteiger partial charge in [0.25, 0.3) is 0 Å². The third-order valence-corrected chi connectivity index (χ3v) is 7.47. The minimum absolute atomic E-state index is 0.172. The highest BCUT2D eigenvalue weighted by atomic mass is 16.2. The zero-order valence-electron chi connectivity index (χ0n) is 20.3. The first-order valence-electron chi connectivity index (χ1n) is 12.5. The average molecular weight is 466 g/mol. The first kappa shape index (κ1) is 21.9. The van der Waals surface area contributed by atoms with E-state index in [1.807, 2.05) is 11.1 Å². The van der Waals surface area contributed by atoms with Crippen molar-refractivity contribution >= 4 is 22.6 Å². The van der Waals surface area contributed by atoms with Crippen LogP contribution < -0.4 is 5.32 Å². The highest BCUT2D eigenvalue weighted by Crippen LogP contribution is 2.34. The van der Waals surface area contributed by atoms with Gasteiger partial charge in [0.15, 0.2) is 0 Å². The van der Waals surface area contributed by atoms with Crippen LogP contribution in [-0.4, -0.2) is 57.9 Å². The number of carbonyl (C=O) groups is 1. The fourth-order valence-electron chi connectivity index (χ4n) is 5.58. The van der Waals surface area contributed by atoms with Crippen molar-refractivity contribution in [3.8, 4) is 22.3 Å². The number of aromatic amines is 1. The molecule has 1 atom stereocenters. The molecule has 35 heavy (non-hydrogen) atoms. The molecule has 0 spiro atoms. The van der Waals surface area contributed by atoms with Crippen molar-refractivity contribution in [1.82, 2.24) is 19.8 Å². The number of aromatic nitrogens is 2. The van der Waals surface area contributed by atoms with Crippen molar-refractivity contribution in [2.24, 2.45) is 0 Å². The molecule has 6 rings (SSSR count). The monoisotopic (exact) mass is 465 g/mol. The number of carbonyl (C=O) groups excluding carboxylic acids is 1. The van der Waals surface area contributed by atoms with Gasteiger partial charge in [-0.15, -0.1) is 0 Å². The molecule has 1 fully saturated rings. The highest BCUT2D eigenvalue weighted by Gasteiger charge is 2.25. The Bertz CT molecular complexity index is 1390. The third kappa shape index (κ3) is 4.19. The van der Waals surface area contributed by atoms with Gasteiger partial charge in [-0.25, -0.2) is 4.98 Å². The number of hydrogen-bond donors (Lipinski definition) is 2. The maximum Gasteiger partial charge on any atom is 0.219 e. The van der Waals surface area contributed by atoms with Crippen LogP contribution in [0.5, 0.6) is 0 Å². The Hall–Kier alpha value is -3.64. The zero-order chi connectivity index (χ0) is 23.9. The van der Waals surface area contributed by atoms with Gasteiger partial charge in [-0.2, -0.15) is 0 Å². The summed E-state index contributed by atoms with van der Waals surface area (Å²) in [5, 5.41) is 4.59. The first-order valence-corrected chi connectivity index (χ1v) is 12.5. The Balaban J connectivity index is 1.21. The van der Waals surface area contributed by atoms with Crippen molar-refractivity contribution in [2.75, 3.05) is 31.5 Å². The lowest BCUT2D eigenvalue weighted by atomic mass is 9.99. The van der Waals surface area contributed by atoms with Crippen LogP contribution in [0.15, 0.2) is 60.9 Å². The van der Waals surface area contributed by atoms with Crippen LogP contribution in [0.1, 0.15) is 25.0 Å². The molecule has 2 aliphatic rings. The molecule has 2 N–H and O–H groups in total. The van der Waals surface area contributed by atoms with Gasteiger partial charge in [0.2, 0.25) is 5.91 Å². The molecule has 6 heteroatoms. The lowest BCUT2D eigenvalue weighted by molar-refractivity contribution is -0.133. The minimum atomic E-state index is 0.172. The summed E-state index contributed by atoms with van der Waals surface area (Å²) in [4.78, 5) is 24.2. The lowest BCUT2D eigenvalue weighted by Crippen LogP contribution is -2.52. The van der Waals surface area contributed by atoms with Crippen molar-refractivity contribution in [3.63, 3.8) is 0 Å². The maximum atomic E-state index is 11.8. The van der Waals surface area contributed by atoms with Gasteiger partial charge in [-0.1, -0.05) is 30.3 Å². The van der Waals surface area contributed by atoms with Gasteiger partial charge in [-0.05, 0) is 53.8 Å². The molecular formula is C29H31N5O. The number of piperazine rings is 1. The van der Waals surface area contributed by atoms with Crippen LogP contribution in [0.25, 0.3) is 33.3 Å². The molecule has 1 saturated heterocycles. The normalized spacial score (nSPS) is 18.0. The largest absolute Gasteiger partial charge is 0.384 e. The molecule has 178 valence electrons. The number of H-pyrrole nitrogens is 1. The average Bonchev–Trinajstić information content (AvgIpc) is 3.50. The summed E-state index contributed by atoms with van der Waals surface area (Å²) < 4.78 is 0. The predicted molar refractivity (Wildman–Crippen MR) is 141 cm³/mol. The molecule has 6 nitrogen and oxygen atoms in total. The van der Waals surface area contributed by atoms with E-state index in [9.17, 15) is 4.79 Å². The number of benzene rings is 2. The Labute approximate surface area is 206 Å². The van der Waals surface area contributed by atoms with Crippen molar-refractivity contribution in [3.05, 3.63) is 72.1 Å². The highest BCUT2D eigenvalue weighted by molar-refractivity contribution is 5.96. The van der Waals surface area contributed by atoms with E-state index in [1.54, 1.807) is 6.92 Å². The third-order valence-electron chi connectivity index (χ3n) is 7.47. The molecule has 4 aromatic rings. The smallest absolute Gasteiger partial charge is 0.219 e. The minimum Gasteiger partial charge on any atom is -0.384 e. The molecule has 1 unspecified atom stereocenters. The summed E-state index contributed by atoms with van der Waals surface area (Å²) in [5.41, 5.74) is 9.56. The fourth-order valence-corrected chi connectivity index (χ4v) is 5.58. The van der Waals surface area contributed by atoms with Crippen LogP contribution in [0.3, 0.4) is 0 Å². The molecule has 0 saturated carbocycles. The number of amides is 1. The van der Waals surface area contributed by atoms with E-state index in [4.69, 9.17) is 4.98 Å². The van der Waals surface area contributed by atoms with Crippen LogP contribution in [0.2, 0.25) is 0 Å². The standard InChI is InChI=1S/C29H31N5O/c1-19-17-33(11-12-34(19)20(2)35)18-21-3-5-22(6-4-21)25-14-26-27(16-32-29(26)31-15-25)23-7-8-28-24(13-23)9-10-30-28/h3-8,13-16,19,30H,9-12,17-18H2,1-2H3,(H,31,32). The second-order valence-electron chi connectivity index (χ2n) is 9.86. The van der Waals surface area contributed by atoms with Gasteiger partial charge < -0.3 is 15.2 Å². The van der Waals surface area contributed by atoms with E-state index >= 15 is 0 Å². The van der Waals surface area contributed by atoms with Crippen LogP contribution >= 0.6 is 0 Å². The number of fused-ring (bicyclic) bond motifs is 2. The zero-order valence-corrected chi connectivity index (χ0v) is 20.3. The fraction of sp³-hybridized carbons (Fsp3) is 0.310. The summed E-state index contributed by atoms with van der Waals surface area (Å²) in [6.45, 7) is 8.36. The van der Waals surface area contributed by atoms with Gasteiger partial charge in [-0.3, -0.25) is 9.69 Å². The van der Waals surface area contributed by atoms with Crippen molar-refractivity contribution in [1.29, 1.82) is 0 Å². The molecular weight excluding hydrogens is 434 g/mol. The molecule has 2 aromatic heterocycles. The first-order chi connectivity index (χ1) is 17.0. The molecule has 2 aromatic carbocycles. The van der Waals surface area contributed by atoms with Crippen LogP contribution in [0, 0.1) is 0 Å². The number of anilines is 1. The number of pyridine rings is 1. The number of nitrogens with one attached hydrogen (secondary N) is 2. The summed E-state index contributed by atoms with van der Waals surface area (Å²) in [6.07, 6.45) is 5.10. The van der Waals surface area contributed by atoms with E-state index < -0.39 is 0 Å². The number of hydrogen-bond acceptors (Lipinski definition) is 4. The topological polar surface area (TPSA) is 64.3 Å². The molecule has 0 aliphatic carbocycles. The molecule has 1 amide bonds. The molecule has 4 heterocycles. The summed E-state index contributed by atoms with van der Waals surface area (Å²) in [5.74, 6) is 0.172. The molecule has 0 bridgehead atoms. The summed E-state index contributed by atoms with van der Waals surface area (Å²) >= 11 is 0. The van der Waals surface area contributed by atoms with Crippen molar-refractivity contribution < 1.29 is 4.79 Å².